The van der Waals surface area contributed by atoms with E-state index in [1.165, 1.54) is 12.8 Å². The van der Waals surface area contributed by atoms with E-state index in [-0.39, 0.29) is 0 Å². The third-order valence-electron chi connectivity index (χ3n) is 6.72. The second kappa shape index (κ2) is 4.22. The van der Waals surface area contributed by atoms with Crippen LogP contribution >= 0.6 is 0 Å². The van der Waals surface area contributed by atoms with Gasteiger partial charge in [-0.05, 0) is 29.6 Å². The number of aromatic nitrogens is 3. The van der Waals surface area contributed by atoms with Crippen molar-refractivity contribution in [1.82, 2.24) is 20.5 Å². The van der Waals surface area contributed by atoms with E-state index in [2.05, 4.69) is 48.1 Å². The van der Waals surface area contributed by atoms with Crippen LogP contribution in [0.3, 0.4) is 0 Å². The van der Waals surface area contributed by atoms with Crippen molar-refractivity contribution in [3.8, 4) is 0 Å². The molecule has 3 aliphatic rings. The third-order valence-corrected chi connectivity index (χ3v) is 6.72. The molecule has 0 radical (unpaired) electrons. The van der Waals surface area contributed by atoms with E-state index in [1.54, 1.807) is 0 Å². The molecule has 0 aromatic carbocycles. The fourth-order valence-electron chi connectivity index (χ4n) is 4.72. The molecule has 0 bridgehead atoms. The first-order valence-corrected chi connectivity index (χ1v) is 8.32. The number of anilines is 1. The molecule has 2 unspecified atom stereocenters. The van der Waals surface area contributed by atoms with Crippen molar-refractivity contribution in [3.63, 3.8) is 0 Å². The lowest BCUT2D eigenvalue weighted by Crippen LogP contribution is -2.45. The Labute approximate surface area is 126 Å². The number of nitrogens with zero attached hydrogens (tertiary/aromatic N) is 3. The Bertz CT molecular complexity index is 533. The van der Waals surface area contributed by atoms with Gasteiger partial charge >= 0.3 is 0 Å². The van der Waals surface area contributed by atoms with Crippen LogP contribution in [0.5, 0.6) is 0 Å². The Morgan fingerprint density at radius 2 is 1.90 bits per heavy atom. The van der Waals surface area contributed by atoms with Crippen LogP contribution in [0.4, 0.5) is 5.95 Å². The van der Waals surface area contributed by atoms with Crippen molar-refractivity contribution < 1.29 is 0 Å². The number of nitrogens with one attached hydrogen (secondary N) is 2. The number of H-pyrrole nitrogens is 1. The summed E-state index contributed by atoms with van der Waals surface area (Å²) in [6.45, 7) is 12.7. The monoisotopic (exact) mass is 289 g/mol. The molecular weight excluding hydrogens is 262 g/mol. The standard InChI is InChI=1S/C16H27N5/c1-15(2)12(16(15,3)4)13-18-14(20-19-13)21-7-5-6-10-8-17-9-11(10)21/h10-12,17H,5-9H2,1-4H3,(H,18,19,20). The van der Waals surface area contributed by atoms with Crippen LogP contribution in [0.25, 0.3) is 0 Å². The van der Waals surface area contributed by atoms with Crippen LogP contribution in [0.15, 0.2) is 0 Å². The highest BCUT2D eigenvalue weighted by Crippen LogP contribution is 2.73. The van der Waals surface area contributed by atoms with Gasteiger partial charge in [0.2, 0.25) is 5.95 Å². The van der Waals surface area contributed by atoms with E-state index in [1.807, 2.05) is 0 Å². The lowest BCUT2D eigenvalue weighted by atomic mass is 9.92. The minimum atomic E-state index is 0.309. The van der Waals surface area contributed by atoms with E-state index in [9.17, 15) is 0 Å². The van der Waals surface area contributed by atoms with Crippen molar-refractivity contribution in [2.24, 2.45) is 16.7 Å². The highest BCUT2D eigenvalue weighted by atomic mass is 15.4. The Kier molecular flexibility index (Phi) is 2.72. The van der Waals surface area contributed by atoms with Crippen LogP contribution < -0.4 is 10.2 Å². The Hall–Kier alpha value is -1.10. The molecule has 2 aliphatic heterocycles. The summed E-state index contributed by atoms with van der Waals surface area (Å²) >= 11 is 0. The van der Waals surface area contributed by atoms with Crippen LogP contribution in [0, 0.1) is 16.7 Å². The largest absolute Gasteiger partial charge is 0.335 e. The van der Waals surface area contributed by atoms with Crippen LogP contribution in [-0.4, -0.2) is 40.9 Å². The maximum atomic E-state index is 4.88. The molecular formula is C16H27N5. The Morgan fingerprint density at radius 1 is 1.14 bits per heavy atom. The number of hydrogen-bond acceptors (Lipinski definition) is 4. The van der Waals surface area contributed by atoms with Crippen molar-refractivity contribution in [1.29, 1.82) is 0 Å². The topological polar surface area (TPSA) is 56.8 Å². The average molecular weight is 289 g/mol. The first-order valence-electron chi connectivity index (χ1n) is 8.32. The molecule has 2 N–H and O–H groups in total. The van der Waals surface area contributed by atoms with E-state index >= 15 is 0 Å². The average Bonchev–Trinajstić information content (AvgIpc) is 2.93. The lowest BCUT2D eigenvalue weighted by Gasteiger charge is -2.36. The minimum absolute atomic E-state index is 0.309. The summed E-state index contributed by atoms with van der Waals surface area (Å²) in [6.07, 6.45) is 2.60. The van der Waals surface area contributed by atoms with Gasteiger partial charge in [0.25, 0.3) is 0 Å². The highest BCUT2D eigenvalue weighted by Gasteiger charge is 2.66. The van der Waals surface area contributed by atoms with Gasteiger partial charge < -0.3 is 10.2 Å². The zero-order valence-electron chi connectivity index (χ0n) is 13.6. The van der Waals surface area contributed by atoms with Crippen molar-refractivity contribution in [2.75, 3.05) is 24.5 Å². The number of piperidine rings is 1. The Balaban J connectivity index is 1.58. The molecule has 3 fully saturated rings. The molecule has 5 heteroatoms. The maximum Gasteiger partial charge on any atom is 0.245 e. The SMILES string of the molecule is CC1(C)C(c2nc(N3CCCC4CNCC43)n[nH]2)C1(C)C. The van der Waals surface area contributed by atoms with Gasteiger partial charge in [-0.1, -0.05) is 27.7 Å². The van der Waals surface area contributed by atoms with Crippen molar-refractivity contribution >= 4 is 5.95 Å². The molecule has 0 spiro atoms. The number of hydrogen-bond donors (Lipinski definition) is 2. The maximum absolute atomic E-state index is 4.88. The summed E-state index contributed by atoms with van der Waals surface area (Å²) < 4.78 is 0. The van der Waals surface area contributed by atoms with Crippen LogP contribution in [0.1, 0.15) is 52.3 Å². The van der Waals surface area contributed by atoms with Gasteiger partial charge in [-0.15, -0.1) is 5.10 Å². The van der Waals surface area contributed by atoms with Gasteiger partial charge in [0, 0.05) is 31.6 Å². The molecule has 21 heavy (non-hydrogen) atoms. The number of rotatable bonds is 2. The minimum Gasteiger partial charge on any atom is -0.335 e. The summed E-state index contributed by atoms with van der Waals surface area (Å²) in [7, 11) is 0. The van der Waals surface area contributed by atoms with Crippen LogP contribution in [-0.2, 0) is 0 Å². The van der Waals surface area contributed by atoms with Gasteiger partial charge in [0.1, 0.15) is 5.82 Å². The van der Waals surface area contributed by atoms with Gasteiger partial charge in [-0.3, -0.25) is 5.10 Å². The summed E-state index contributed by atoms with van der Waals surface area (Å²) in [5.74, 6) is 3.26. The van der Waals surface area contributed by atoms with Gasteiger partial charge in [-0.25, -0.2) is 0 Å². The lowest BCUT2D eigenvalue weighted by molar-refractivity contribution is 0.381. The molecule has 1 aliphatic carbocycles. The second-order valence-electron chi connectivity index (χ2n) is 8.22. The van der Waals surface area contributed by atoms with Gasteiger partial charge in [0.15, 0.2) is 0 Å². The molecule has 0 amide bonds. The Morgan fingerprint density at radius 3 is 2.62 bits per heavy atom. The van der Waals surface area contributed by atoms with E-state index in [4.69, 9.17) is 4.98 Å². The zero-order chi connectivity index (χ0) is 14.8. The zero-order valence-corrected chi connectivity index (χ0v) is 13.6. The fourth-order valence-corrected chi connectivity index (χ4v) is 4.72. The molecule has 1 aromatic rings. The normalized spacial score (nSPS) is 34.0. The summed E-state index contributed by atoms with van der Waals surface area (Å²) in [5, 5.41) is 11.3. The summed E-state index contributed by atoms with van der Waals surface area (Å²) in [4.78, 5) is 7.31. The quantitative estimate of drug-likeness (QED) is 0.876. The number of aromatic amines is 1. The molecule has 1 aromatic heterocycles. The van der Waals surface area contributed by atoms with E-state index < -0.39 is 0 Å². The smallest absolute Gasteiger partial charge is 0.245 e. The predicted molar refractivity (Wildman–Crippen MR) is 83.4 cm³/mol. The summed E-state index contributed by atoms with van der Waals surface area (Å²) in [5.41, 5.74) is 0.617. The predicted octanol–water partition coefficient (Wildman–Crippen LogP) is 2.14. The molecule has 3 heterocycles. The summed E-state index contributed by atoms with van der Waals surface area (Å²) in [6, 6.07) is 0.586. The molecule has 116 valence electrons. The van der Waals surface area contributed by atoms with Crippen molar-refractivity contribution in [2.45, 2.75) is 52.5 Å². The molecule has 2 saturated heterocycles. The van der Waals surface area contributed by atoms with E-state index in [0.29, 0.717) is 22.8 Å². The van der Waals surface area contributed by atoms with Crippen molar-refractivity contribution in [3.05, 3.63) is 5.82 Å². The number of fused-ring (bicyclic) bond motifs is 1. The third kappa shape index (κ3) is 1.79. The van der Waals surface area contributed by atoms with Gasteiger partial charge in [-0.2, -0.15) is 4.98 Å². The molecule has 4 rings (SSSR count). The molecule has 5 nitrogen and oxygen atoms in total. The fraction of sp³-hybridized carbons (Fsp3) is 0.875. The van der Waals surface area contributed by atoms with Gasteiger partial charge in [0.05, 0.1) is 0 Å². The first kappa shape index (κ1) is 13.6. The first-order chi connectivity index (χ1) is 9.93. The molecule has 2 atom stereocenters. The second-order valence-corrected chi connectivity index (χ2v) is 8.22. The molecule has 1 saturated carbocycles. The highest BCUT2D eigenvalue weighted by molar-refractivity contribution is 5.36. The van der Waals surface area contributed by atoms with E-state index in [0.717, 1.165) is 37.3 Å². The van der Waals surface area contributed by atoms with Crippen LogP contribution in [0.2, 0.25) is 0 Å².